The maximum Gasteiger partial charge on any atom is 0.129 e. The summed E-state index contributed by atoms with van der Waals surface area (Å²) in [7, 11) is 0. The lowest BCUT2D eigenvalue weighted by Crippen LogP contribution is -2.36. The first-order chi connectivity index (χ1) is 8.49. The first-order valence-electron chi connectivity index (χ1n) is 6.44. The molecule has 1 unspecified atom stereocenters. The molecule has 1 aromatic carbocycles. The van der Waals surface area contributed by atoms with Crippen LogP contribution in [0.15, 0.2) is 18.2 Å². The molecule has 18 heavy (non-hydrogen) atoms. The molecule has 98 valence electrons. The van der Waals surface area contributed by atoms with Crippen molar-refractivity contribution in [3.63, 3.8) is 0 Å². The Hall–Kier alpha value is -1.42. The monoisotopic (exact) mass is 249 g/mol. The van der Waals surface area contributed by atoms with Crippen LogP contribution < -0.4 is 5.73 Å². The van der Waals surface area contributed by atoms with Gasteiger partial charge < -0.3 is 10.3 Å². The van der Waals surface area contributed by atoms with Crippen LogP contribution in [-0.2, 0) is 12.1 Å². The maximum atomic E-state index is 13.3. The Morgan fingerprint density at radius 3 is 2.72 bits per heavy atom. The van der Waals surface area contributed by atoms with E-state index in [2.05, 4.69) is 11.9 Å². The van der Waals surface area contributed by atoms with E-state index in [-0.39, 0.29) is 5.82 Å². The quantitative estimate of drug-likeness (QED) is 0.904. The molecule has 1 aromatic heterocycles. The van der Waals surface area contributed by atoms with Crippen LogP contribution in [0.5, 0.6) is 0 Å². The highest BCUT2D eigenvalue weighted by Crippen LogP contribution is 2.27. The van der Waals surface area contributed by atoms with Gasteiger partial charge in [0.05, 0.1) is 16.6 Å². The van der Waals surface area contributed by atoms with Gasteiger partial charge in [0.25, 0.3) is 0 Å². The van der Waals surface area contributed by atoms with Crippen molar-refractivity contribution in [3.05, 3.63) is 29.8 Å². The number of hydrogen-bond acceptors (Lipinski definition) is 2. The van der Waals surface area contributed by atoms with Gasteiger partial charge in [0.15, 0.2) is 0 Å². The molecule has 0 radical (unpaired) electrons. The number of imidazole rings is 1. The summed E-state index contributed by atoms with van der Waals surface area (Å²) < 4.78 is 15.3. The lowest BCUT2D eigenvalue weighted by atomic mass is 9.96. The van der Waals surface area contributed by atoms with Crippen LogP contribution >= 0.6 is 0 Å². The smallest absolute Gasteiger partial charge is 0.129 e. The molecule has 0 aliphatic heterocycles. The predicted octanol–water partition coefficient (Wildman–Crippen LogP) is 3.17. The normalized spacial score (nSPS) is 14.9. The highest BCUT2D eigenvalue weighted by atomic mass is 19.1. The zero-order chi connectivity index (χ0) is 13.3. The Bertz CT molecular complexity index is 557. The van der Waals surface area contributed by atoms with Crippen molar-refractivity contribution in [3.8, 4) is 0 Å². The van der Waals surface area contributed by atoms with Crippen molar-refractivity contribution in [1.29, 1.82) is 0 Å². The van der Waals surface area contributed by atoms with Crippen molar-refractivity contribution in [2.24, 2.45) is 5.73 Å². The molecule has 0 fully saturated rings. The van der Waals surface area contributed by atoms with E-state index < -0.39 is 5.54 Å². The third-order valence-electron chi connectivity index (χ3n) is 3.31. The lowest BCUT2D eigenvalue weighted by molar-refractivity contribution is 0.403. The lowest BCUT2D eigenvalue weighted by Gasteiger charge is -2.24. The summed E-state index contributed by atoms with van der Waals surface area (Å²) in [5.74, 6) is 0.602. The van der Waals surface area contributed by atoms with E-state index in [1.54, 1.807) is 6.07 Å². The highest BCUT2D eigenvalue weighted by molar-refractivity contribution is 5.76. The number of aryl methyl sites for hydroxylation is 1. The Morgan fingerprint density at radius 2 is 2.11 bits per heavy atom. The number of nitrogens with zero attached hydrogens (tertiary/aromatic N) is 2. The molecule has 0 amide bonds. The van der Waals surface area contributed by atoms with E-state index in [9.17, 15) is 4.39 Å². The average molecular weight is 249 g/mol. The summed E-state index contributed by atoms with van der Waals surface area (Å²) in [6.07, 6.45) is 1.85. The summed E-state index contributed by atoms with van der Waals surface area (Å²) in [5, 5.41) is 0. The molecule has 3 nitrogen and oxygen atoms in total. The third-order valence-corrected chi connectivity index (χ3v) is 3.31. The zero-order valence-electron chi connectivity index (χ0n) is 11.2. The van der Waals surface area contributed by atoms with E-state index in [0.29, 0.717) is 0 Å². The second-order valence-electron chi connectivity index (χ2n) is 4.98. The summed E-state index contributed by atoms with van der Waals surface area (Å²) >= 11 is 0. The molecule has 0 saturated heterocycles. The predicted molar refractivity (Wildman–Crippen MR) is 71.8 cm³/mol. The second-order valence-corrected chi connectivity index (χ2v) is 4.98. The fraction of sp³-hybridized carbons (Fsp3) is 0.500. The van der Waals surface area contributed by atoms with Crippen molar-refractivity contribution in [2.45, 2.75) is 45.7 Å². The molecule has 0 bridgehead atoms. The Kier molecular flexibility index (Phi) is 3.39. The van der Waals surface area contributed by atoms with E-state index >= 15 is 0 Å². The Morgan fingerprint density at radius 1 is 1.39 bits per heavy atom. The van der Waals surface area contributed by atoms with Gasteiger partial charge in [0.1, 0.15) is 11.6 Å². The minimum Gasteiger partial charge on any atom is -0.327 e. The SMILES string of the molecule is CCCC(C)(N)c1nc2ccc(F)cc2n1CC. The minimum atomic E-state index is -0.472. The van der Waals surface area contributed by atoms with E-state index in [1.807, 2.05) is 18.4 Å². The Balaban J connectivity index is 2.64. The van der Waals surface area contributed by atoms with Crippen LogP contribution in [0, 0.1) is 5.82 Å². The number of aromatic nitrogens is 2. The molecule has 1 heterocycles. The summed E-state index contributed by atoms with van der Waals surface area (Å²) in [6.45, 7) is 6.85. The summed E-state index contributed by atoms with van der Waals surface area (Å²) in [6, 6.07) is 4.67. The molecule has 0 aliphatic carbocycles. The third kappa shape index (κ3) is 2.12. The van der Waals surface area contributed by atoms with E-state index in [1.165, 1.54) is 12.1 Å². The number of fused-ring (bicyclic) bond motifs is 1. The first kappa shape index (κ1) is 13.0. The summed E-state index contributed by atoms with van der Waals surface area (Å²) in [4.78, 5) is 4.59. The van der Waals surface area contributed by atoms with Gasteiger partial charge >= 0.3 is 0 Å². The van der Waals surface area contributed by atoms with Crippen LogP contribution in [0.1, 0.15) is 39.4 Å². The van der Waals surface area contributed by atoms with E-state index in [4.69, 9.17) is 5.73 Å². The highest BCUT2D eigenvalue weighted by Gasteiger charge is 2.27. The molecular weight excluding hydrogens is 229 g/mol. The number of hydrogen-bond donors (Lipinski definition) is 1. The molecular formula is C14H20FN3. The van der Waals surface area contributed by atoms with Crippen molar-refractivity contribution in [1.82, 2.24) is 9.55 Å². The number of rotatable bonds is 4. The largest absolute Gasteiger partial charge is 0.327 e. The fourth-order valence-electron chi connectivity index (χ4n) is 2.48. The fourth-order valence-corrected chi connectivity index (χ4v) is 2.48. The number of nitrogens with two attached hydrogens (primary N) is 1. The number of benzene rings is 1. The van der Waals surface area contributed by atoms with Crippen LogP contribution in [0.2, 0.25) is 0 Å². The molecule has 2 rings (SSSR count). The average Bonchev–Trinajstić information content (AvgIpc) is 2.67. The van der Waals surface area contributed by atoms with Crippen LogP contribution in [0.25, 0.3) is 11.0 Å². The van der Waals surface area contributed by atoms with Gasteiger partial charge in [0, 0.05) is 6.54 Å². The minimum absolute atomic E-state index is 0.238. The van der Waals surface area contributed by atoms with Crippen molar-refractivity contribution in [2.75, 3.05) is 0 Å². The molecule has 4 heteroatoms. The molecule has 1 atom stereocenters. The van der Waals surface area contributed by atoms with Gasteiger partial charge in [-0.25, -0.2) is 9.37 Å². The topological polar surface area (TPSA) is 43.8 Å². The van der Waals surface area contributed by atoms with Crippen LogP contribution in [0.3, 0.4) is 0 Å². The standard InChI is InChI=1S/C14H20FN3/c1-4-8-14(3,16)13-17-11-7-6-10(15)9-12(11)18(13)5-2/h6-7,9H,4-5,8,16H2,1-3H3. The van der Waals surface area contributed by atoms with Crippen LogP contribution in [0.4, 0.5) is 4.39 Å². The van der Waals surface area contributed by atoms with Crippen molar-refractivity contribution < 1.29 is 4.39 Å². The molecule has 2 N–H and O–H groups in total. The molecule has 0 spiro atoms. The van der Waals surface area contributed by atoms with Gasteiger partial charge in [-0.1, -0.05) is 13.3 Å². The summed E-state index contributed by atoms with van der Waals surface area (Å²) in [5.41, 5.74) is 7.50. The maximum absolute atomic E-state index is 13.3. The zero-order valence-corrected chi connectivity index (χ0v) is 11.2. The number of halogens is 1. The van der Waals surface area contributed by atoms with Gasteiger partial charge in [-0.2, -0.15) is 0 Å². The molecule has 2 aromatic rings. The van der Waals surface area contributed by atoms with Gasteiger partial charge in [-0.15, -0.1) is 0 Å². The first-order valence-corrected chi connectivity index (χ1v) is 6.44. The van der Waals surface area contributed by atoms with Crippen LogP contribution in [-0.4, -0.2) is 9.55 Å². The second kappa shape index (κ2) is 4.69. The van der Waals surface area contributed by atoms with Gasteiger partial charge in [-0.05, 0) is 38.5 Å². The van der Waals surface area contributed by atoms with Gasteiger partial charge in [0.2, 0.25) is 0 Å². The van der Waals surface area contributed by atoms with Crippen molar-refractivity contribution >= 4 is 11.0 Å². The molecule has 0 saturated carbocycles. The van der Waals surface area contributed by atoms with E-state index in [0.717, 1.165) is 36.2 Å². The molecule has 0 aliphatic rings. The Labute approximate surface area is 107 Å². The van der Waals surface area contributed by atoms with Gasteiger partial charge in [-0.3, -0.25) is 0 Å².